The van der Waals surface area contributed by atoms with Gasteiger partial charge < -0.3 is 19.9 Å². The largest absolute Gasteiger partial charge is 0.755 e. The van der Waals surface area contributed by atoms with Gasteiger partial charge in [0.25, 0.3) is 0 Å². The van der Waals surface area contributed by atoms with Crippen molar-refractivity contribution in [2.24, 2.45) is 5.73 Å². The molecule has 3 aromatic carbocycles. The Morgan fingerprint density at radius 2 is 1.81 bits per heavy atom. The lowest BCUT2D eigenvalue weighted by Gasteiger charge is -2.19. The smallest absolute Gasteiger partial charge is 0.227 e. The quantitative estimate of drug-likeness (QED) is 0.286. The van der Waals surface area contributed by atoms with Gasteiger partial charge in [-0.15, -0.1) is 0 Å². The number of nitrogens with zero attached hydrogens (tertiary/aromatic N) is 1. The molecule has 7 nitrogen and oxygen atoms in total. The van der Waals surface area contributed by atoms with Crippen LogP contribution in [0, 0.1) is 5.41 Å². The van der Waals surface area contributed by atoms with Gasteiger partial charge >= 0.3 is 0 Å². The minimum Gasteiger partial charge on any atom is -0.755 e. The first kappa shape index (κ1) is 22.2. The molecule has 0 bridgehead atoms. The summed E-state index contributed by atoms with van der Waals surface area (Å²) in [4.78, 5) is 14.3. The van der Waals surface area contributed by atoms with Crippen molar-refractivity contribution >= 4 is 28.7 Å². The van der Waals surface area contributed by atoms with E-state index in [0.717, 1.165) is 16.7 Å². The maximum absolute atomic E-state index is 12.7. The summed E-state index contributed by atoms with van der Waals surface area (Å²) in [5, 5.41) is 7.54. The summed E-state index contributed by atoms with van der Waals surface area (Å²) in [6.45, 7) is 0.373. The highest BCUT2D eigenvalue weighted by Gasteiger charge is 2.13. The Kier molecular flexibility index (Phi) is 7.17. The van der Waals surface area contributed by atoms with E-state index in [2.05, 4.69) is 4.72 Å². The summed E-state index contributed by atoms with van der Waals surface area (Å²) in [6.07, 6.45) is 0.123. The molecule has 1 unspecified atom stereocenters. The number of rotatable bonds is 8. The zero-order chi connectivity index (χ0) is 22.4. The number of benzene rings is 3. The van der Waals surface area contributed by atoms with Gasteiger partial charge in [-0.05, 0) is 28.8 Å². The molecule has 3 rings (SSSR count). The van der Waals surface area contributed by atoms with Crippen molar-refractivity contribution in [3.05, 3.63) is 89.5 Å². The summed E-state index contributed by atoms with van der Waals surface area (Å²) in [5.74, 6) is -0.139. The van der Waals surface area contributed by atoms with Crippen LogP contribution in [0.25, 0.3) is 11.1 Å². The molecular formula is C23H23N4O3S-. The number of carbonyl (C=O) groups is 1. The summed E-state index contributed by atoms with van der Waals surface area (Å²) in [5.41, 5.74) is 9.72. The van der Waals surface area contributed by atoms with Crippen molar-refractivity contribution in [3.63, 3.8) is 0 Å². The molecule has 0 aliphatic carbocycles. The van der Waals surface area contributed by atoms with Gasteiger partial charge in [-0.1, -0.05) is 60.7 Å². The Morgan fingerprint density at radius 1 is 1.06 bits per heavy atom. The number of hydrogen-bond acceptors (Lipinski definition) is 4. The first-order valence-corrected chi connectivity index (χ1v) is 10.6. The third-order valence-electron chi connectivity index (χ3n) is 4.80. The number of likely N-dealkylation sites (N-methyl/N-ethyl adjacent to an activating group) is 1. The zero-order valence-electron chi connectivity index (χ0n) is 17.0. The number of hydrogen-bond donors (Lipinski definition) is 3. The Morgan fingerprint density at radius 3 is 2.48 bits per heavy atom. The topological polar surface area (TPSA) is 122 Å². The molecule has 8 heteroatoms. The fourth-order valence-electron chi connectivity index (χ4n) is 3.25. The SMILES string of the molecule is CN(Cc1cccc(C(=N)N)c1)C(=O)Cc1ccc(-c2ccccc2)c(NS(=O)[O-])c1. The lowest BCUT2D eigenvalue weighted by Crippen LogP contribution is -2.28. The van der Waals surface area contributed by atoms with Crippen LogP contribution in [0.2, 0.25) is 0 Å². The van der Waals surface area contributed by atoms with Crippen LogP contribution in [0.5, 0.6) is 0 Å². The molecule has 4 N–H and O–H groups in total. The van der Waals surface area contributed by atoms with E-state index in [1.54, 1.807) is 36.2 Å². The van der Waals surface area contributed by atoms with Gasteiger partial charge in [-0.3, -0.25) is 14.4 Å². The lowest BCUT2D eigenvalue weighted by atomic mass is 10.0. The summed E-state index contributed by atoms with van der Waals surface area (Å²) >= 11 is -2.49. The Labute approximate surface area is 183 Å². The maximum Gasteiger partial charge on any atom is 0.227 e. The monoisotopic (exact) mass is 435 g/mol. The number of nitrogens with two attached hydrogens (primary N) is 1. The highest BCUT2D eigenvalue weighted by Crippen LogP contribution is 2.29. The van der Waals surface area contributed by atoms with Gasteiger partial charge in [0.05, 0.1) is 12.1 Å². The van der Waals surface area contributed by atoms with Crippen molar-refractivity contribution < 1.29 is 13.6 Å². The molecule has 1 atom stereocenters. The highest BCUT2D eigenvalue weighted by molar-refractivity contribution is 7.80. The minimum absolute atomic E-state index is 0.0230. The standard InChI is InChI=1S/C23H24N4O3S/c1-27(15-17-6-5-9-19(12-17)23(24)25)22(28)14-16-10-11-20(18-7-3-2-4-8-18)21(13-16)26-31(29)30/h2-13,26H,14-15H2,1H3,(H3,24,25)(H,29,30)/p-1. The third-order valence-corrected chi connectivity index (χ3v) is 5.19. The number of carbonyl (C=O) groups excluding carboxylic acids is 1. The van der Waals surface area contributed by atoms with Gasteiger partial charge in [0, 0.05) is 36.0 Å². The summed E-state index contributed by atoms with van der Waals surface area (Å²) in [7, 11) is 1.70. The number of amides is 1. The molecule has 31 heavy (non-hydrogen) atoms. The fourth-order valence-corrected chi connectivity index (χ4v) is 3.60. The Balaban J connectivity index is 1.76. The van der Waals surface area contributed by atoms with Crippen molar-refractivity contribution in [1.29, 1.82) is 5.41 Å². The second kappa shape index (κ2) is 10.0. The second-order valence-corrected chi connectivity index (χ2v) is 7.80. The van der Waals surface area contributed by atoms with E-state index in [-0.39, 0.29) is 18.2 Å². The summed E-state index contributed by atoms with van der Waals surface area (Å²) in [6, 6.07) is 21.9. The van der Waals surface area contributed by atoms with Gasteiger partial charge in [0.15, 0.2) is 0 Å². The van der Waals surface area contributed by atoms with E-state index in [0.29, 0.717) is 23.4 Å². The van der Waals surface area contributed by atoms with Gasteiger partial charge in [0.1, 0.15) is 5.84 Å². The van der Waals surface area contributed by atoms with Crippen LogP contribution in [0.4, 0.5) is 5.69 Å². The van der Waals surface area contributed by atoms with Crippen LogP contribution >= 0.6 is 0 Å². The minimum atomic E-state index is -2.49. The van der Waals surface area contributed by atoms with E-state index in [1.165, 1.54) is 0 Å². The van der Waals surface area contributed by atoms with E-state index in [9.17, 15) is 13.6 Å². The van der Waals surface area contributed by atoms with Crippen LogP contribution in [0.15, 0.2) is 72.8 Å². The molecule has 1 amide bonds. The van der Waals surface area contributed by atoms with Crippen molar-refractivity contribution in [2.45, 2.75) is 13.0 Å². The average molecular weight is 436 g/mol. The van der Waals surface area contributed by atoms with E-state index in [1.807, 2.05) is 48.5 Å². The first-order chi connectivity index (χ1) is 14.8. The average Bonchev–Trinajstić information content (AvgIpc) is 2.74. The molecule has 3 aromatic rings. The number of nitrogen functional groups attached to an aromatic ring is 1. The Bertz CT molecular complexity index is 1120. The third kappa shape index (κ3) is 6.00. The van der Waals surface area contributed by atoms with Gasteiger partial charge in [0.2, 0.25) is 5.91 Å². The summed E-state index contributed by atoms with van der Waals surface area (Å²) < 4.78 is 25.0. The molecule has 0 fully saturated rings. The molecule has 0 spiro atoms. The molecule has 0 aliphatic heterocycles. The predicted octanol–water partition coefficient (Wildman–Crippen LogP) is 3.04. The molecule has 0 saturated carbocycles. The molecule has 0 heterocycles. The van der Waals surface area contributed by atoms with E-state index >= 15 is 0 Å². The number of anilines is 1. The predicted molar refractivity (Wildman–Crippen MR) is 122 cm³/mol. The van der Waals surface area contributed by atoms with E-state index < -0.39 is 11.3 Å². The Hall–Kier alpha value is -3.49. The fraction of sp³-hybridized carbons (Fsp3) is 0.130. The normalized spacial score (nSPS) is 11.5. The second-order valence-electron chi connectivity index (χ2n) is 7.12. The first-order valence-electron chi connectivity index (χ1n) is 9.55. The van der Waals surface area contributed by atoms with Crippen molar-refractivity contribution in [1.82, 2.24) is 4.90 Å². The van der Waals surface area contributed by atoms with Crippen LogP contribution in [0.3, 0.4) is 0 Å². The molecule has 0 aromatic heterocycles. The zero-order valence-corrected chi connectivity index (χ0v) is 17.8. The van der Waals surface area contributed by atoms with Crippen LogP contribution in [-0.2, 0) is 29.0 Å². The van der Waals surface area contributed by atoms with Crippen molar-refractivity contribution in [3.8, 4) is 11.1 Å². The molecule has 0 saturated heterocycles. The highest BCUT2D eigenvalue weighted by atomic mass is 32.2. The van der Waals surface area contributed by atoms with Gasteiger partial charge in [-0.2, -0.15) is 0 Å². The van der Waals surface area contributed by atoms with Gasteiger partial charge in [-0.25, -0.2) is 0 Å². The van der Waals surface area contributed by atoms with E-state index in [4.69, 9.17) is 11.1 Å². The lowest BCUT2D eigenvalue weighted by molar-refractivity contribution is -0.129. The molecule has 160 valence electrons. The van der Waals surface area contributed by atoms with Crippen LogP contribution < -0.4 is 10.5 Å². The molecule has 0 aliphatic rings. The van der Waals surface area contributed by atoms with Crippen LogP contribution in [-0.4, -0.2) is 32.5 Å². The number of nitrogens with one attached hydrogen (secondary N) is 2. The molecule has 0 radical (unpaired) electrons. The molecular weight excluding hydrogens is 412 g/mol. The maximum atomic E-state index is 12.7. The van der Waals surface area contributed by atoms with Crippen LogP contribution in [0.1, 0.15) is 16.7 Å². The number of amidine groups is 1. The van der Waals surface area contributed by atoms with Crippen molar-refractivity contribution in [2.75, 3.05) is 11.8 Å².